The number of amides is 1. The Morgan fingerprint density at radius 3 is 2.51 bits per heavy atom. The standard InChI is InChI=1S/C26H34N8O3/c1-16(2)23-21-18(31-32(23)6)15-36-19-14-28-24(30-22(19)21)29-20-8-7-17(13-27-20)33-9-11-34(12-10-33)25(35)37-26(3,4)5/h7-8,13-14,16H,9-12,15H2,1-6H3,(H,27,28,29,30). The second kappa shape index (κ2) is 9.53. The van der Waals surface area contributed by atoms with Crippen molar-refractivity contribution < 1.29 is 14.3 Å². The van der Waals surface area contributed by atoms with E-state index in [0.717, 1.165) is 28.3 Å². The zero-order valence-electron chi connectivity index (χ0n) is 22.3. The molecule has 2 aliphatic heterocycles. The molecule has 5 heterocycles. The number of carbonyl (C=O) groups excluding carboxylic acids is 1. The van der Waals surface area contributed by atoms with Crippen LogP contribution in [-0.2, 0) is 18.4 Å². The first kappa shape index (κ1) is 24.8. The van der Waals surface area contributed by atoms with Gasteiger partial charge in [0.15, 0.2) is 5.75 Å². The fourth-order valence-corrected chi connectivity index (χ4v) is 4.71. The molecule has 0 radical (unpaired) electrons. The fourth-order valence-electron chi connectivity index (χ4n) is 4.71. The first-order chi connectivity index (χ1) is 17.6. The van der Waals surface area contributed by atoms with Crippen LogP contribution in [0.1, 0.15) is 51.9 Å². The number of nitrogens with one attached hydrogen (secondary N) is 1. The van der Waals surface area contributed by atoms with Crippen molar-refractivity contribution in [3.8, 4) is 17.0 Å². The monoisotopic (exact) mass is 506 g/mol. The van der Waals surface area contributed by atoms with E-state index in [-0.39, 0.29) is 6.09 Å². The van der Waals surface area contributed by atoms with Gasteiger partial charge in [0.25, 0.3) is 0 Å². The molecule has 1 saturated heterocycles. The predicted octanol–water partition coefficient (Wildman–Crippen LogP) is 4.09. The highest BCUT2D eigenvalue weighted by molar-refractivity contribution is 5.74. The maximum atomic E-state index is 12.3. The first-order valence-corrected chi connectivity index (χ1v) is 12.6. The molecule has 1 fully saturated rings. The number of rotatable bonds is 4. The van der Waals surface area contributed by atoms with Crippen molar-refractivity contribution in [2.75, 3.05) is 36.4 Å². The van der Waals surface area contributed by atoms with E-state index in [4.69, 9.17) is 14.5 Å². The summed E-state index contributed by atoms with van der Waals surface area (Å²) in [6.07, 6.45) is 3.26. The maximum Gasteiger partial charge on any atom is 0.410 e. The molecule has 5 rings (SSSR count). The van der Waals surface area contributed by atoms with Crippen molar-refractivity contribution in [2.24, 2.45) is 7.05 Å². The molecule has 0 saturated carbocycles. The number of ether oxygens (including phenoxy) is 2. The molecular formula is C26H34N8O3. The van der Waals surface area contributed by atoms with Gasteiger partial charge in [0.2, 0.25) is 5.95 Å². The molecule has 3 aromatic rings. The summed E-state index contributed by atoms with van der Waals surface area (Å²) in [6.45, 7) is 13.0. The van der Waals surface area contributed by atoms with Crippen molar-refractivity contribution in [1.29, 1.82) is 0 Å². The topological polar surface area (TPSA) is 111 Å². The average Bonchev–Trinajstić information content (AvgIpc) is 3.20. The molecule has 0 unspecified atom stereocenters. The van der Waals surface area contributed by atoms with Crippen molar-refractivity contribution in [2.45, 2.75) is 52.7 Å². The van der Waals surface area contributed by atoms with Gasteiger partial charge in [-0.05, 0) is 38.8 Å². The number of hydrogen-bond donors (Lipinski definition) is 1. The average molecular weight is 507 g/mol. The number of aryl methyl sites for hydroxylation is 1. The van der Waals surface area contributed by atoms with Gasteiger partial charge in [-0.25, -0.2) is 19.7 Å². The molecule has 0 aliphatic carbocycles. The second-order valence-corrected chi connectivity index (χ2v) is 10.7. The van der Waals surface area contributed by atoms with Crippen LogP contribution >= 0.6 is 0 Å². The number of nitrogens with zero attached hydrogens (tertiary/aromatic N) is 7. The van der Waals surface area contributed by atoms with Crippen LogP contribution < -0.4 is 15.0 Å². The summed E-state index contributed by atoms with van der Waals surface area (Å²) in [5.41, 5.74) is 4.28. The number of pyridine rings is 1. The molecule has 2 aliphatic rings. The number of piperazine rings is 1. The summed E-state index contributed by atoms with van der Waals surface area (Å²) in [7, 11) is 1.95. The lowest BCUT2D eigenvalue weighted by molar-refractivity contribution is 0.0240. The van der Waals surface area contributed by atoms with E-state index in [1.165, 1.54) is 0 Å². The van der Waals surface area contributed by atoms with Crippen molar-refractivity contribution in [3.05, 3.63) is 35.9 Å². The van der Waals surface area contributed by atoms with Gasteiger partial charge in [-0.15, -0.1) is 0 Å². The first-order valence-electron chi connectivity index (χ1n) is 12.6. The molecule has 196 valence electrons. The van der Waals surface area contributed by atoms with Crippen molar-refractivity contribution in [1.82, 2.24) is 29.6 Å². The molecular weight excluding hydrogens is 472 g/mol. The normalized spacial score (nSPS) is 15.2. The third-order valence-electron chi connectivity index (χ3n) is 6.35. The van der Waals surface area contributed by atoms with Gasteiger partial charge in [0.1, 0.15) is 29.4 Å². The lowest BCUT2D eigenvalue weighted by Gasteiger charge is -2.36. The van der Waals surface area contributed by atoms with Gasteiger partial charge in [-0.1, -0.05) is 13.8 Å². The highest BCUT2D eigenvalue weighted by Gasteiger charge is 2.29. The Balaban J connectivity index is 1.26. The van der Waals surface area contributed by atoms with E-state index in [1.54, 1.807) is 11.1 Å². The molecule has 1 N–H and O–H groups in total. The fraction of sp³-hybridized carbons (Fsp3) is 0.500. The highest BCUT2D eigenvalue weighted by Crippen LogP contribution is 2.40. The Morgan fingerprint density at radius 2 is 1.86 bits per heavy atom. The molecule has 3 aromatic heterocycles. The minimum atomic E-state index is -0.493. The van der Waals surface area contributed by atoms with Gasteiger partial charge in [-0.3, -0.25) is 4.68 Å². The van der Waals surface area contributed by atoms with Crippen molar-refractivity contribution in [3.63, 3.8) is 0 Å². The predicted molar refractivity (Wildman–Crippen MR) is 140 cm³/mol. The number of anilines is 3. The third kappa shape index (κ3) is 5.16. The van der Waals surface area contributed by atoms with Gasteiger partial charge in [-0.2, -0.15) is 5.10 Å². The van der Waals surface area contributed by atoms with Gasteiger partial charge >= 0.3 is 6.09 Å². The Bertz CT molecular complexity index is 1290. The van der Waals surface area contributed by atoms with Crippen LogP contribution in [0.4, 0.5) is 22.2 Å². The Hall–Kier alpha value is -3.89. The number of fused-ring (bicyclic) bond motifs is 3. The number of aromatic nitrogens is 5. The Morgan fingerprint density at radius 1 is 1.11 bits per heavy atom. The zero-order valence-corrected chi connectivity index (χ0v) is 22.3. The summed E-state index contributed by atoms with van der Waals surface area (Å²) >= 11 is 0. The van der Waals surface area contributed by atoms with Crippen LogP contribution in [0.5, 0.6) is 5.75 Å². The van der Waals surface area contributed by atoms with Crippen molar-refractivity contribution >= 4 is 23.5 Å². The van der Waals surface area contributed by atoms with Gasteiger partial charge < -0.3 is 24.6 Å². The lowest BCUT2D eigenvalue weighted by atomic mass is 9.99. The van der Waals surface area contributed by atoms with Gasteiger partial charge in [0.05, 0.1) is 29.3 Å². The molecule has 0 bridgehead atoms. The number of carbonyl (C=O) groups is 1. The minimum absolute atomic E-state index is 0.265. The summed E-state index contributed by atoms with van der Waals surface area (Å²) in [5, 5.41) is 7.84. The van der Waals surface area contributed by atoms with E-state index in [9.17, 15) is 4.79 Å². The summed E-state index contributed by atoms with van der Waals surface area (Å²) < 4.78 is 13.3. The van der Waals surface area contributed by atoms with E-state index >= 15 is 0 Å². The zero-order chi connectivity index (χ0) is 26.3. The molecule has 37 heavy (non-hydrogen) atoms. The summed E-state index contributed by atoms with van der Waals surface area (Å²) in [5.74, 6) is 2.03. The van der Waals surface area contributed by atoms with Crippen LogP contribution in [-0.4, -0.2) is 67.5 Å². The summed E-state index contributed by atoms with van der Waals surface area (Å²) in [6, 6.07) is 3.92. The quantitative estimate of drug-likeness (QED) is 0.559. The van der Waals surface area contributed by atoms with E-state index in [1.807, 2.05) is 50.8 Å². The van der Waals surface area contributed by atoms with Crippen LogP contribution in [0.15, 0.2) is 24.5 Å². The lowest BCUT2D eigenvalue weighted by Crippen LogP contribution is -2.50. The highest BCUT2D eigenvalue weighted by atomic mass is 16.6. The van der Waals surface area contributed by atoms with E-state index in [2.05, 4.69) is 39.1 Å². The largest absolute Gasteiger partial charge is 0.483 e. The van der Waals surface area contributed by atoms with Crippen LogP contribution in [0.3, 0.4) is 0 Å². The molecule has 11 heteroatoms. The third-order valence-corrected chi connectivity index (χ3v) is 6.35. The number of hydrogen-bond acceptors (Lipinski definition) is 9. The molecule has 11 nitrogen and oxygen atoms in total. The molecule has 1 amide bonds. The maximum absolute atomic E-state index is 12.3. The molecule has 0 spiro atoms. The minimum Gasteiger partial charge on any atom is -0.483 e. The van der Waals surface area contributed by atoms with Crippen LogP contribution in [0.25, 0.3) is 11.3 Å². The second-order valence-electron chi connectivity index (χ2n) is 10.7. The Kier molecular flexibility index (Phi) is 6.38. The van der Waals surface area contributed by atoms with E-state index in [0.29, 0.717) is 56.2 Å². The Labute approximate surface area is 216 Å². The SMILES string of the molecule is CC(C)c1c2c(nn1C)COc1cnc(Nc3ccc(N4CCN(C(=O)OC(C)(C)C)CC4)cn3)nc1-2. The molecule has 0 aromatic carbocycles. The van der Waals surface area contributed by atoms with E-state index < -0.39 is 5.60 Å². The van der Waals surface area contributed by atoms with Gasteiger partial charge in [0, 0.05) is 33.2 Å². The van der Waals surface area contributed by atoms with Crippen LogP contribution in [0.2, 0.25) is 0 Å². The van der Waals surface area contributed by atoms with Crippen LogP contribution in [0, 0.1) is 0 Å². The molecule has 0 atom stereocenters. The summed E-state index contributed by atoms with van der Waals surface area (Å²) in [4.78, 5) is 30.1. The smallest absolute Gasteiger partial charge is 0.410 e.